The van der Waals surface area contributed by atoms with Crippen LogP contribution < -0.4 is 10.2 Å². The number of benzene rings is 1. The summed E-state index contributed by atoms with van der Waals surface area (Å²) >= 11 is 3.57. The first kappa shape index (κ1) is 14.8. The average Bonchev–Trinajstić information content (AvgIpc) is 2.46. The van der Waals surface area contributed by atoms with Crippen LogP contribution in [0.4, 0.5) is 5.69 Å². The molecule has 3 nitrogen and oxygen atoms in total. The number of nitrogens with one attached hydrogen (secondary N) is 1. The molecule has 1 aromatic carbocycles. The van der Waals surface area contributed by atoms with Crippen LogP contribution in [0.2, 0.25) is 0 Å². The van der Waals surface area contributed by atoms with Crippen LogP contribution >= 0.6 is 15.9 Å². The standard InChI is InChI=1S/C15H23BrN2O/c1-11(17-2)14-4-3-13(16)9-15(14)18-7-5-12(10-19)6-8-18/h3-4,9,11-12,17,19H,5-8,10H2,1-2H3. The lowest BCUT2D eigenvalue weighted by Gasteiger charge is -2.35. The van der Waals surface area contributed by atoms with Crippen LogP contribution in [0.15, 0.2) is 22.7 Å². The summed E-state index contributed by atoms with van der Waals surface area (Å²) in [5.74, 6) is 0.480. The van der Waals surface area contributed by atoms with E-state index in [1.807, 2.05) is 7.05 Å². The van der Waals surface area contributed by atoms with Crippen LogP contribution in [-0.2, 0) is 0 Å². The Morgan fingerprint density at radius 2 is 2.11 bits per heavy atom. The van der Waals surface area contributed by atoms with Crippen molar-refractivity contribution >= 4 is 21.6 Å². The van der Waals surface area contributed by atoms with Crippen molar-refractivity contribution in [3.8, 4) is 0 Å². The number of rotatable bonds is 4. The van der Waals surface area contributed by atoms with E-state index in [9.17, 15) is 5.11 Å². The number of nitrogens with zero attached hydrogens (tertiary/aromatic N) is 1. The minimum absolute atomic E-state index is 0.325. The topological polar surface area (TPSA) is 35.5 Å². The molecule has 1 aromatic rings. The molecule has 1 aliphatic rings. The number of anilines is 1. The highest BCUT2D eigenvalue weighted by atomic mass is 79.9. The van der Waals surface area contributed by atoms with E-state index in [1.165, 1.54) is 11.3 Å². The molecule has 19 heavy (non-hydrogen) atoms. The lowest BCUT2D eigenvalue weighted by molar-refractivity contribution is 0.203. The molecule has 1 heterocycles. The second-order valence-electron chi connectivity index (χ2n) is 5.33. The van der Waals surface area contributed by atoms with Gasteiger partial charge in [0, 0.05) is 35.9 Å². The zero-order valence-electron chi connectivity index (χ0n) is 11.7. The van der Waals surface area contributed by atoms with Gasteiger partial charge in [0.05, 0.1) is 0 Å². The van der Waals surface area contributed by atoms with Gasteiger partial charge in [-0.1, -0.05) is 22.0 Å². The van der Waals surface area contributed by atoms with Gasteiger partial charge in [0.15, 0.2) is 0 Å². The first-order valence-corrected chi connectivity index (χ1v) is 7.77. The summed E-state index contributed by atoms with van der Waals surface area (Å²) in [7, 11) is 1.99. The number of piperidine rings is 1. The predicted molar refractivity (Wildman–Crippen MR) is 83.6 cm³/mol. The number of hydrogen-bond donors (Lipinski definition) is 2. The third-order valence-electron chi connectivity index (χ3n) is 4.11. The molecule has 0 spiro atoms. The fraction of sp³-hybridized carbons (Fsp3) is 0.600. The SMILES string of the molecule is CNC(C)c1ccc(Br)cc1N1CCC(CO)CC1. The number of aliphatic hydroxyl groups is 1. The van der Waals surface area contributed by atoms with E-state index in [-0.39, 0.29) is 0 Å². The molecule has 2 N–H and O–H groups in total. The van der Waals surface area contributed by atoms with Crippen LogP contribution in [0.3, 0.4) is 0 Å². The van der Waals surface area contributed by atoms with Crippen LogP contribution in [0.5, 0.6) is 0 Å². The van der Waals surface area contributed by atoms with Crippen molar-refractivity contribution in [1.82, 2.24) is 5.32 Å². The van der Waals surface area contributed by atoms with E-state index in [4.69, 9.17) is 0 Å². The Balaban J connectivity index is 2.21. The van der Waals surface area contributed by atoms with Gasteiger partial charge in [-0.15, -0.1) is 0 Å². The van der Waals surface area contributed by atoms with Gasteiger partial charge < -0.3 is 15.3 Å². The van der Waals surface area contributed by atoms with E-state index < -0.39 is 0 Å². The second kappa shape index (κ2) is 6.73. The second-order valence-corrected chi connectivity index (χ2v) is 6.24. The normalized spacial score (nSPS) is 18.6. The van der Waals surface area contributed by atoms with Crippen LogP contribution in [0.25, 0.3) is 0 Å². The molecular formula is C15H23BrN2O. The minimum atomic E-state index is 0.325. The van der Waals surface area contributed by atoms with Gasteiger partial charge in [-0.3, -0.25) is 0 Å². The molecule has 106 valence electrons. The van der Waals surface area contributed by atoms with Crippen molar-refractivity contribution < 1.29 is 5.11 Å². The quantitative estimate of drug-likeness (QED) is 0.893. The van der Waals surface area contributed by atoms with Crippen LogP contribution in [0.1, 0.15) is 31.4 Å². The summed E-state index contributed by atoms with van der Waals surface area (Å²) in [5.41, 5.74) is 2.65. The fourth-order valence-corrected chi connectivity index (χ4v) is 3.02. The lowest BCUT2D eigenvalue weighted by atomic mass is 9.96. The Hall–Kier alpha value is -0.580. The predicted octanol–water partition coefficient (Wildman–Crippen LogP) is 2.94. The summed E-state index contributed by atoms with van der Waals surface area (Å²) in [6.07, 6.45) is 2.16. The summed E-state index contributed by atoms with van der Waals surface area (Å²) < 4.78 is 1.12. The van der Waals surface area contributed by atoms with Gasteiger partial charge in [-0.05, 0) is 50.4 Å². The molecule has 0 amide bonds. The molecule has 1 saturated heterocycles. The summed E-state index contributed by atoms with van der Waals surface area (Å²) in [5, 5.41) is 12.6. The summed E-state index contributed by atoms with van der Waals surface area (Å²) in [6, 6.07) is 6.85. The van der Waals surface area contributed by atoms with Gasteiger partial charge >= 0.3 is 0 Å². The smallest absolute Gasteiger partial charge is 0.0460 e. The number of halogens is 1. The third kappa shape index (κ3) is 3.50. The molecule has 0 aromatic heterocycles. The van der Waals surface area contributed by atoms with E-state index in [0.717, 1.165) is 30.4 Å². The van der Waals surface area contributed by atoms with Crippen molar-refractivity contribution in [2.75, 3.05) is 31.6 Å². The Kier molecular flexibility index (Phi) is 5.25. The van der Waals surface area contributed by atoms with Gasteiger partial charge in [0.25, 0.3) is 0 Å². The molecule has 1 unspecified atom stereocenters. The molecule has 2 rings (SSSR count). The molecule has 4 heteroatoms. The maximum atomic E-state index is 9.24. The Labute approximate surface area is 124 Å². The highest BCUT2D eigenvalue weighted by Crippen LogP contribution is 2.32. The van der Waals surface area contributed by atoms with Crippen molar-refractivity contribution in [1.29, 1.82) is 0 Å². The first-order chi connectivity index (χ1) is 9.15. The van der Waals surface area contributed by atoms with Crippen molar-refractivity contribution in [2.24, 2.45) is 5.92 Å². The highest BCUT2D eigenvalue weighted by Gasteiger charge is 2.21. The Bertz CT molecular complexity index is 417. The first-order valence-electron chi connectivity index (χ1n) is 6.98. The molecular weight excluding hydrogens is 304 g/mol. The molecule has 0 bridgehead atoms. The molecule has 1 fully saturated rings. The largest absolute Gasteiger partial charge is 0.396 e. The maximum absolute atomic E-state index is 9.24. The molecule has 0 aliphatic carbocycles. The van der Waals surface area contributed by atoms with E-state index >= 15 is 0 Å². The van der Waals surface area contributed by atoms with Gasteiger partial charge in [0.2, 0.25) is 0 Å². The van der Waals surface area contributed by atoms with E-state index in [1.54, 1.807) is 0 Å². The van der Waals surface area contributed by atoms with Crippen molar-refractivity contribution in [3.05, 3.63) is 28.2 Å². The minimum Gasteiger partial charge on any atom is -0.396 e. The van der Waals surface area contributed by atoms with Crippen LogP contribution in [-0.4, -0.2) is 31.9 Å². The van der Waals surface area contributed by atoms with Gasteiger partial charge in [0.1, 0.15) is 0 Å². The van der Waals surface area contributed by atoms with E-state index in [2.05, 4.69) is 51.3 Å². The van der Waals surface area contributed by atoms with Gasteiger partial charge in [-0.2, -0.15) is 0 Å². The van der Waals surface area contributed by atoms with Crippen molar-refractivity contribution in [3.63, 3.8) is 0 Å². The zero-order valence-corrected chi connectivity index (χ0v) is 13.3. The summed E-state index contributed by atoms with van der Waals surface area (Å²) in [4.78, 5) is 2.44. The Morgan fingerprint density at radius 1 is 1.42 bits per heavy atom. The molecule has 0 saturated carbocycles. The van der Waals surface area contributed by atoms with Gasteiger partial charge in [-0.25, -0.2) is 0 Å². The fourth-order valence-electron chi connectivity index (χ4n) is 2.67. The average molecular weight is 327 g/mol. The highest BCUT2D eigenvalue weighted by molar-refractivity contribution is 9.10. The number of hydrogen-bond acceptors (Lipinski definition) is 3. The zero-order chi connectivity index (χ0) is 13.8. The van der Waals surface area contributed by atoms with Crippen LogP contribution in [0, 0.1) is 5.92 Å². The molecule has 1 aliphatic heterocycles. The molecule has 0 radical (unpaired) electrons. The monoisotopic (exact) mass is 326 g/mol. The number of aliphatic hydroxyl groups excluding tert-OH is 1. The third-order valence-corrected chi connectivity index (χ3v) is 4.60. The Morgan fingerprint density at radius 3 is 2.68 bits per heavy atom. The molecule has 1 atom stereocenters. The van der Waals surface area contributed by atoms with Crippen molar-refractivity contribution in [2.45, 2.75) is 25.8 Å². The summed E-state index contributed by atoms with van der Waals surface area (Å²) in [6.45, 7) is 4.58. The maximum Gasteiger partial charge on any atom is 0.0460 e. The lowest BCUT2D eigenvalue weighted by Crippen LogP contribution is -2.35. The van der Waals surface area contributed by atoms with E-state index in [0.29, 0.717) is 18.6 Å².